The second-order valence-electron chi connectivity index (χ2n) is 8.17. The molecule has 0 spiro atoms. The van der Waals surface area contributed by atoms with Gasteiger partial charge in [-0.3, -0.25) is 4.90 Å². The Hall–Kier alpha value is -3.70. The molecule has 0 fully saturated rings. The van der Waals surface area contributed by atoms with E-state index in [-0.39, 0.29) is 0 Å². The highest BCUT2D eigenvalue weighted by atomic mass is 16.5. The molecule has 3 aromatic rings. The van der Waals surface area contributed by atoms with Crippen LogP contribution in [0.4, 0.5) is 11.6 Å². The zero-order valence-electron chi connectivity index (χ0n) is 20.0. The summed E-state index contributed by atoms with van der Waals surface area (Å²) in [4.78, 5) is 7.23. The Balaban J connectivity index is 1.56. The average Bonchev–Trinajstić information content (AvgIpc) is 3.40. The molecular weight excluding hydrogens is 430 g/mol. The molecule has 0 amide bonds. The first-order valence-corrected chi connectivity index (χ1v) is 11.6. The minimum atomic E-state index is 0.537. The summed E-state index contributed by atoms with van der Waals surface area (Å²) in [7, 11) is 3.26. The smallest absolute Gasteiger partial charge is 0.160 e. The molecule has 1 aromatic carbocycles. The van der Waals surface area contributed by atoms with Gasteiger partial charge in [0.05, 0.1) is 32.6 Å². The predicted molar refractivity (Wildman–Crippen MR) is 131 cm³/mol. The Morgan fingerprint density at radius 3 is 2.68 bits per heavy atom. The van der Waals surface area contributed by atoms with Crippen molar-refractivity contribution >= 4 is 11.6 Å². The van der Waals surface area contributed by atoms with Gasteiger partial charge in [-0.05, 0) is 54.8 Å². The maximum absolute atomic E-state index is 10.0. The van der Waals surface area contributed by atoms with E-state index in [1.807, 2.05) is 30.3 Å². The summed E-state index contributed by atoms with van der Waals surface area (Å²) < 4.78 is 16.2. The van der Waals surface area contributed by atoms with Crippen molar-refractivity contribution in [2.45, 2.75) is 32.9 Å². The van der Waals surface area contributed by atoms with E-state index < -0.39 is 0 Å². The lowest BCUT2D eigenvalue weighted by Crippen LogP contribution is -2.32. The highest BCUT2D eigenvalue weighted by molar-refractivity contribution is 5.66. The summed E-state index contributed by atoms with van der Waals surface area (Å²) in [5.74, 6) is 3.67. The third-order valence-electron chi connectivity index (χ3n) is 6.20. The molecule has 0 aliphatic carbocycles. The van der Waals surface area contributed by atoms with Crippen LogP contribution in [0.15, 0.2) is 41.0 Å². The van der Waals surface area contributed by atoms with Gasteiger partial charge in [0.2, 0.25) is 0 Å². The fraction of sp³-hybridized carbons (Fsp3) is 0.385. The molecule has 34 heavy (non-hydrogen) atoms. The van der Waals surface area contributed by atoms with Crippen LogP contribution in [-0.2, 0) is 25.9 Å². The van der Waals surface area contributed by atoms with Crippen LogP contribution >= 0.6 is 0 Å². The van der Waals surface area contributed by atoms with Crippen LogP contribution < -0.4 is 20.1 Å². The number of methoxy groups -OCH3 is 2. The second-order valence-corrected chi connectivity index (χ2v) is 8.17. The van der Waals surface area contributed by atoms with Gasteiger partial charge in [-0.1, -0.05) is 13.0 Å². The maximum Gasteiger partial charge on any atom is 0.160 e. The molecule has 0 atom stereocenters. The summed E-state index contributed by atoms with van der Waals surface area (Å²) in [6, 6.07) is 12.1. The molecule has 178 valence electrons. The molecule has 0 radical (unpaired) electrons. The Bertz CT molecular complexity index is 1150. The molecule has 0 saturated heterocycles. The van der Waals surface area contributed by atoms with Gasteiger partial charge in [0.1, 0.15) is 23.5 Å². The summed E-state index contributed by atoms with van der Waals surface area (Å²) in [5, 5.41) is 16.8. The second kappa shape index (κ2) is 10.9. The third-order valence-corrected chi connectivity index (χ3v) is 6.20. The minimum Gasteiger partial charge on any atom is -0.493 e. The predicted octanol–water partition coefficient (Wildman–Crippen LogP) is 4.21. The van der Waals surface area contributed by atoms with Crippen molar-refractivity contribution in [3.8, 4) is 17.6 Å². The molecule has 1 aliphatic heterocycles. The molecule has 1 aliphatic rings. The van der Waals surface area contributed by atoms with E-state index in [2.05, 4.69) is 28.5 Å². The van der Waals surface area contributed by atoms with Crippen LogP contribution in [0.5, 0.6) is 11.5 Å². The first-order valence-electron chi connectivity index (χ1n) is 11.6. The lowest BCUT2D eigenvalue weighted by atomic mass is 9.95. The first kappa shape index (κ1) is 23.5. The van der Waals surface area contributed by atoms with E-state index in [1.165, 1.54) is 0 Å². The van der Waals surface area contributed by atoms with Gasteiger partial charge in [0.15, 0.2) is 11.5 Å². The number of hydrogen-bond acceptors (Lipinski definition) is 8. The van der Waals surface area contributed by atoms with E-state index in [1.54, 1.807) is 20.5 Å². The number of pyridine rings is 1. The minimum absolute atomic E-state index is 0.537. The number of benzene rings is 1. The number of likely N-dealkylation sites (N-methyl/N-ethyl adjacent to an activating group) is 1. The number of nitrogens with zero attached hydrogens (tertiary/aromatic N) is 3. The van der Waals surface area contributed by atoms with Crippen molar-refractivity contribution in [3.05, 3.63) is 64.6 Å². The van der Waals surface area contributed by atoms with Gasteiger partial charge in [0.25, 0.3) is 0 Å². The summed E-state index contributed by atoms with van der Waals surface area (Å²) in [5.41, 5.74) is 3.93. The number of ether oxygens (including phenoxy) is 2. The number of anilines is 2. The van der Waals surface area contributed by atoms with E-state index in [9.17, 15) is 5.26 Å². The molecule has 0 bridgehead atoms. The Morgan fingerprint density at radius 2 is 1.97 bits per heavy atom. The first-order chi connectivity index (χ1) is 16.7. The number of aromatic nitrogens is 1. The number of hydrogen-bond donors (Lipinski definition) is 2. The van der Waals surface area contributed by atoms with Crippen LogP contribution in [0.2, 0.25) is 0 Å². The van der Waals surface area contributed by atoms with E-state index in [4.69, 9.17) is 18.9 Å². The third kappa shape index (κ3) is 5.10. The van der Waals surface area contributed by atoms with Crippen LogP contribution in [0, 0.1) is 11.3 Å². The number of nitrogens with one attached hydrogen (secondary N) is 2. The zero-order valence-corrected chi connectivity index (χ0v) is 20.0. The standard InChI is InChI=1S/C26H31N5O3/c1-4-31-12-10-20-21(15-27)25(28-11-9-18-7-8-23(32-2)24(14-18)33-3)30-26(22(20)17-31)29-16-19-6-5-13-34-19/h5-8,13-14H,4,9-12,16-17H2,1-3H3,(H2,28,29,30). The molecule has 3 heterocycles. The van der Waals surface area contributed by atoms with Crippen molar-refractivity contribution in [3.63, 3.8) is 0 Å². The molecule has 8 heteroatoms. The fourth-order valence-corrected chi connectivity index (χ4v) is 4.30. The van der Waals surface area contributed by atoms with Crippen molar-refractivity contribution in [2.75, 3.05) is 44.5 Å². The number of furan rings is 1. The van der Waals surface area contributed by atoms with Crippen molar-refractivity contribution in [2.24, 2.45) is 0 Å². The summed E-state index contributed by atoms with van der Waals surface area (Å²) in [6.07, 6.45) is 3.25. The van der Waals surface area contributed by atoms with E-state index in [0.29, 0.717) is 36.0 Å². The number of nitriles is 1. The van der Waals surface area contributed by atoms with Crippen molar-refractivity contribution in [1.29, 1.82) is 5.26 Å². The van der Waals surface area contributed by atoms with Crippen LogP contribution in [-0.4, -0.2) is 43.7 Å². The van der Waals surface area contributed by atoms with Gasteiger partial charge in [-0.2, -0.15) is 5.26 Å². The summed E-state index contributed by atoms with van der Waals surface area (Å²) >= 11 is 0. The number of fused-ring (bicyclic) bond motifs is 1. The van der Waals surface area contributed by atoms with Crippen LogP contribution in [0.25, 0.3) is 0 Å². The quantitative estimate of drug-likeness (QED) is 0.464. The summed E-state index contributed by atoms with van der Waals surface area (Å²) in [6.45, 7) is 6.00. The fourth-order valence-electron chi connectivity index (χ4n) is 4.30. The molecule has 2 N–H and O–H groups in total. The molecule has 0 unspecified atom stereocenters. The van der Waals surface area contributed by atoms with E-state index in [0.717, 1.165) is 60.7 Å². The zero-order chi connectivity index (χ0) is 23.9. The van der Waals surface area contributed by atoms with Gasteiger partial charge in [-0.15, -0.1) is 0 Å². The molecule has 8 nitrogen and oxygen atoms in total. The van der Waals surface area contributed by atoms with Gasteiger partial charge < -0.3 is 24.5 Å². The lowest BCUT2D eigenvalue weighted by molar-refractivity contribution is 0.268. The van der Waals surface area contributed by atoms with Gasteiger partial charge in [0, 0.05) is 25.2 Å². The lowest BCUT2D eigenvalue weighted by Gasteiger charge is -2.30. The largest absolute Gasteiger partial charge is 0.493 e. The normalized spacial score (nSPS) is 13.1. The average molecular weight is 462 g/mol. The van der Waals surface area contributed by atoms with Crippen LogP contribution in [0.3, 0.4) is 0 Å². The van der Waals surface area contributed by atoms with Gasteiger partial charge >= 0.3 is 0 Å². The van der Waals surface area contributed by atoms with Crippen molar-refractivity contribution < 1.29 is 13.9 Å². The molecule has 0 saturated carbocycles. The Kier molecular flexibility index (Phi) is 7.55. The Labute approximate surface area is 200 Å². The molecular formula is C26H31N5O3. The maximum atomic E-state index is 10.0. The SMILES string of the molecule is CCN1CCc2c(C#N)c(NCCc3ccc(OC)c(OC)c3)nc(NCc3ccco3)c2C1. The monoisotopic (exact) mass is 461 g/mol. The molecule has 2 aromatic heterocycles. The highest BCUT2D eigenvalue weighted by Gasteiger charge is 2.25. The molecule has 4 rings (SSSR count). The van der Waals surface area contributed by atoms with Crippen molar-refractivity contribution in [1.82, 2.24) is 9.88 Å². The topological polar surface area (TPSA) is 95.6 Å². The Morgan fingerprint density at radius 1 is 1.12 bits per heavy atom. The van der Waals surface area contributed by atoms with Gasteiger partial charge in [-0.25, -0.2) is 4.98 Å². The number of rotatable bonds is 10. The highest BCUT2D eigenvalue weighted by Crippen LogP contribution is 2.32. The van der Waals surface area contributed by atoms with E-state index >= 15 is 0 Å². The van der Waals surface area contributed by atoms with Crippen LogP contribution in [0.1, 0.15) is 34.9 Å².